The van der Waals surface area contributed by atoms with Crippen molar-refractivity contribution in [2.24, 2.45) is 5.92 Å². The predicted molar refractivity (Wildman–Crippen MR) is 141 cm³/mol. The summed E-state index contributed by atoms with van der Waals surface area (Å²) in [6, 6.07) is 13.6. The van der Waals surface area contributed by atoms with Crippen molar-refractivity contribution in [1.29, 1.82) is 5.26 Å². The molecule has 1 aromatic carbocycles. The highest BCUT2D eigenvalue weighted by Gasteiger charge is 2.31. The summed E-state index contributed by atoms with van der Waals surface area (Å²) in [6.45, 7) is 3.63. The second-order valence-corrected chi connectivity index (χ2v) is 10.1. The summed E-state index contributed by atoms with van der Waals surface area (Å²) < 4.78 is 5.97. The number of hydrogen-bond acceptors (Lipinski definition) is 5. The lowest BCUT2D eigenvalue weighted by atomic mass is 9.88. The Kier molecular flexibility index (Phi) is 6.35. The first kappa shape index (κ1) is 23.3. The van der Waals surface area contributed by atoms with E-state index in [1.165, 1.54) is 5.56 Å². The van der Waals surface area contributed by atoms with Gasteiger partial charge in [-0.1, -0.05) is 6.07 Å². The first-order chi connectivity index (χ1) is 18.2. The standard InChI is InChI=1S/C29H30N6O2/c30-15-20-5-7-23(8-6-20)37-19-21-3-2-12-35(18-21)29(36)34-13-9-22(10-14-34)25-16-32-28-27(25)24-4-1-11-31-26(24)17-33-28/h1,4-8,11,16-17,21-22H,2-3,9-10,12-14,18-19H2,(H,32,33). The zero-order valence-corrected chi connectivity index (χ0v) is 20.8. The monoisotopic (exact) mass is 494 g/mol. The number of H-pyrrole nitrogens is 1. The number of hydrogen-bond donors (Lipinski definition) is 1. The third-order valence-electron chi connectivity index (χ3n) is 7.78. The summed E-state index contributed by atoms with van der Waals surface area (Å²) in [5.41, 5.74) is 3.71. The maximum atomic E-state index is 13.4. The molecule has 2 fully saturated rings. The number of pyridine rings is 2. The molecular weight excluding hydrogens is 464 g/mol. The third-order valence-corrected chi connectivity index (χ3v) is 7.78. The van der Waals surface area contributed by atoms with E-state index in [1.54, 1.807) is 18.3 Å². The predicted octanol–water partition coefficient (Wildman–Crippen LogP) is 5.07. The molecule has 188 valence electrons. The molecule has 8 heteroatoms. The van der Waals surface area contributed by atoms with Crippen LogP contribution in [0.25, 0.3) is 21.9 Å². The number of aromatic nitrogens is 3. The van der Waals surface area contributed by atoms with E-state index in [2.05, 4.69) is 33.3 Å². The van der Waals surface area contributed by atoms with Gasteiger partial charge in [0.05, 0.1) is 30.0 Å². The van der Waals surface area contributed by atoms with Gasteiger partial charge in [-0.05, 0) is 67.5 Å². The Hall–Kier alpha value is -4.12. The third kappa shape index (κ3) is 4.69. The Morgan fingerprint density at radius 3 is 2.73 bits per heavy atom. The van der Waals surface area contributed by atoms with Gasteiger partial charge in [-0.15, -0.1) is 0 Å². The highest BCUT2D eigenvalue weighted by atomic mass is 16.5. The highest BCUT2D eigenvalue weighted by Crippen LogP contribution is 2.36. The van der Waals surface area contributed by atoms with Gasteiger partial charge in [0.25, 0.3) is 0 Å². The van der Waals surface area contributed by atoms with E-state index in [0.29, 0.717) is 24.0 Å². The number of nitrogens with one attached hydrogen (secondary N) is 1. The molecule has 8 nitrogen and oxygen atoms in total. The molecule has 2 aliphatic rings. The minimum Gasteiger partial charge on any atom is -0.493 e. The molecule has 0 bridgehead atoms. The van der Waals surface area contributed by atoms with Crippen molar-refractivity contribution in [3.05, 3.63) is 66.1 Å². The van der Waals surface area contributed by atoms with Crippen molar-refractivity contribution < 1.29 is 9.53 Å². The number of carbonyl (C=O) groups excluding carboxylic acids is 1. The minimum atomic E-state index is 0.150. The summed E-state index contributed by atoms with van der Waals surface area (Å²) in [5.74, 6) is 1.47. The fourth-order valence-corrected chi connectivity index (χ4v) is 5.79. The van der Waals surface area contributed by atoms with E-state index in [-0.39, 0.29) is 6.03 Å². The fraction of sp³-hybridized carbons (Fsp3) is 0.379. The SMILES string of the molecule is N#Cc1ccc(OCC2CCCN(C(=O)N3CCC(c4c[nH]c5ncc6ncccc6c45)CC3)C2)cc1. The molecule has 2 saturated heterocycles. The number of amides is 2. The van der Waals surface area contributed by atoms with Crippen LogP contribution in [-0.2, 0) is 0 Å². The second kappa shape index (κ2) is 10.1. The van der Waals surface area contributed by atoms with Gasteiger partial charge in [0.1, 0.15) is 11.4 Å². The number of ether oxygens (including phenoxy) is 1. The lowest BCUT2D eigenvalue weighted by Crippen LogP contribution is -2.50. The molecule has 6 rings (SSSR count). The Morgan fingerprint density at radius 1 is 1.08 bits per heavy atom. The molecule has 1 unspecified atom stereocenters. The van der Waals surface area contributed by atoms with Gasteiger partial charge in [0, 0.05) is 55.3 Å². The molecule has 1 atom stereocenters. The van der Waals surface area contributed by atoms with Gasteiger partial charge in [0.15, 0.2) is 0 Å². The number of nitrogens with zero attached hydrogens (tertiary/aromatic N) is 5. The van der Waals surface area contributed by atoms with Crippen LogP contribution in [0.5, 0.6) is 5.75 Å². The molecule has 1 N–H and O–H groups in total. The Labute approximate surface area is 215 Å². The summed E-state index contributed by atoms with van der Waals surface area (Å²) in [4.78, 5) is 29.8. The molecule has 0 saturated carbocycles. The number of rotatable bonds is 4. The number of piperidine rings is 2. The summed E-state index contributed by atoms with van der Waals surface area (Å²) in [5, 5.41) is 11.2. The average Bonchev–Trinajstić information content (AvgIpc) is 3.41. The molecule has 0 radical (unpaired) electrons. The second-order valence-electron chi connectivity index (χ2n) is 10.1. The van der Waals surface area contributed by atoms with Crippen LogP contribution in [0, 0.1) is 17.2 Å². The zero-order valence-electron chi connectivity index (χ0n) is 20.8. The lowest BCUT2D eigenvalue weighted by molar-refractivity contribution is 0.104. The average molecular weight is 495 g/mol. The number of urea groups is 1. The van der Waals surface area contributed by atoms with Crippen LogP contribution in [-0.4, -0.2) is 63.6 Å². The topological polar surface area (TPSA) is 98.1 Å². The highest BCUT2D eigenvalue weighted by molar-refractivity contribution is 6.05. The first-order valence-electron chi connectivity index (χ1n) is 13.1. The van der Waals surface area contributed by atoms with Gasteiger partial charge < -0.3 is 19.5 Å². The number of fused-ring (bicyclic) bond motifs is 3. The summed E-state index contributed by atoms with van der Waals surface area (Å²) in [7, 11) is 0. The van der Waals surface area contributed by atoms with Crippen LogP contribution in [0.1, 0.15) is 42.7 Å². The summed E-state index contributed by atoms with van der Waals surface area (Å²) >= 11 is 0. The number of nitriles is 1. The van der Waals surface area contributed by atoms with Gasteiger partial charge in [-0.3, -0.25) is 4.98 Å². The minimum absolute atomic E-state index is 0.150. The number of carbonyl (C=O) groups is 1. The Morgan fingerprint density at radius 2 is 1.92 bits per heavy atom. The van der Waals surface area contributed by atoms with Crippen LogP contribution >= 0.6 is 0 Å². The van der Waals surface area contributed by atoms with Crippen LogP contribution in [0.2, 0.25) is 0 Å². The molecular formula is C29H30N6O2. The maximum Gasteiger partial charge on any atom is 0.320 e. The molecule has 5 heterocycles. The quantitative estimate of drug-likeness (QED) is 0.427. The van der Waals surface area contributed by atoms with Crippen LogP contribution in [0.3, 0.4) is 0 Å². The normalized spacial score (nSPS) is 18.7. The molecule has 2 amide bonds. The van der Waals surface area contributed by atoms with Crippen LogP contribution in [0.15, 0.2) is 55.0 Å². The molecule has 2 aliphatic heterocycles. The Balaban J connectivity index is 1.06. The van der Waals surface area contributed by atoms with Gasteiger partial charge in [-0.2, -0.15) is 5.26 Å². The van der Waals surface area contributed by atoms with Crippen LogP contribution < -0.4 is 4.74 Å². The van der Waals surface area contributed by atoms with E-state index in [4.69, 9.17) is 10.00 Å². The maximum absolute atomic E-state index is 13.4. The van der Waals surface area contributed by atoms with E-state index in [0.717, 1.165) is 79.5 Å². The number of benzene rings is 1. The van der Waals surface area contributed by atoms with E-state index in [9.17, 15) is 4.79 Å². The van der Waals surface area contributed by atoms with E-state index < -0.39 is 0 Å². The van der Waals surface area contributed by atoms with Crippen molar-refractivity contribution >= 4 is 28.0 Å². The number of aromatic amines is 1. The van der Waals surface area contributed by atoms with Crippen molar-refractivity contribution in [3.8, 4) is 11.8 Å². The van der Waals surface area contributed by atoms with Gasteiger partial charge in [0.2, 0.25) is 0 Å². The van der Waals surface area contributed by atoms with Crippen LogP contribution in [0.4, 0.5) is 4.79 Å². The van der Waals surface area contributed by atoms with E-state index >= 15 is 0 Å². The summed E-state index contributed by atoms with van der Waals surface area (Å²) in [6.07, 6.45) is 9.64. The van der Waals surface area contributed by atoms with E-state index in [1.807, 2.05) is 34.2 Å². The molecule has 4 aromatic rings. The lowest BCUT2D eigenvalue weighted by Gasteiger charge is -2.39. The van der Waals surface area contributed by atoms with Gasteiger partial charge in [-0.25, -0.2) is 9.78 Å². The molecule has 0 spiro atoms. The smallest absolute Gasteiger partial charge is 0.320 e. The van der Waals surface area contributed by atoms with Crippen molar-refractivity contribution in [3.63, 3.8) is 0 Å². The fourth-order valence-electron chi connectivity index (χ4n) is 5.79. The molecule has 37 heavy (non-hydrogen) atoms. The molecule has 0 aliphatic carbocycles. The molecule has 3 aromatic heterocycles. The zero-order chi connectivity index (χ0) is 25.2. The van der Waals surface area contributed by atoms with Gasteiger partial charge >= 0.3 is 6.03 Å². The van der Waals surface area contributed by atoms with Crippen molar-refractivity contribution in [2.75, 3.05) is 32.8 Å². The Bertz CT molecular complexity index is 1450. The van der Waals surface area contributed by atoms with Crippen molar-refractivity contribution in [2.45, 2.75) is 31.6 Å². The largest absolute Gasteiger partial charge is 0.493 e. The number of likely N-dealkylation sites (tertiary alicyclic amines) is 2. The van der Waals surface area contributed by atoms with Crippen molar-refractivity contribution in [1.82, 2.24) is 24.8 Å². The first-order valence-corrected chi connectivity index (χ1v) is 13.1.